The van der Waals surface area contributed by atoms with Gasteiger partial charge in [0.15, 0.2) is 5.11 Å². The SMILES string of the molecule is CCN(NC(N)=S)C(=O)COC. The molecule has 0 fully saturated rings. The normalized spacial score (nSPS) is 9.17. The van der Waals surface area contributed by atoms with E-state index >= 15 is 0 Å². The van der Waals surface area contributed by atoms with E-state index in [0.29, 0.717) is 6.54 Å². The summed E-state index contributed by atoms with van der Waals surface area (Å²) in [6.45, 7) is 2.31. The summed E-state index contributed by atoms with van der Waals surface area (Å²) in [5.41, 5.74) is 7.72. The molecule has 0 heterocycles. The maximum absolute atomic E-state index is 11.1. The molecule has 0 rings (SSSR count). The van der Waals surface area contributed by atoms with Gasteiger partial charge in [-0.15, -0.1) is 0 Å². The molecule has 0 unspecified atom stereocenters. The first-order valence-corrected chi connectivity index (χ1v) is 3.88. The number of methoxy groups -OCH3 is 1. The number of rotatable bonds is 3. The van der Waals surface area contributed by atoms with Crippen molar-refractivity contribution in [2.75, 3.05) is 20.3 Å². The molecule has 6 heteroatoms. The highest BCUT2D eigenvalue weighted by Gasteiger charge is 2.10. The van der Waals surface area contributed by atoms with Gasteiger partial charge in [0.1, 0.15) is 6.61 Å². The molecule has 0 aromatic heterocycles. The fourth-order valence-corrected chi connectivity index (χ4v) is 0.762. The van der Waals surface area contributed by atoms with Crippen LogP contribution in [0, 0.1) is 0 Å². The molecule has 70 valence electrons. The van der Waals surface area contributed by atoms with Gasteiger partial charge in [-0.2, -0.15) is 0 Å². The molecule has 1 amide bonds. The van der Waals surface area contributed by atoms with Crippen molar-refractivity contribution in [2.24, 2.45) is 5.73 Å². The molecule has 12 heavy (non-hydrogen) atoms. The number of hydrazine groups is 1. The summed E-state index contributed by atoms with van der Waals surface area (Å²) in [4.78, 5) is 11.1. The molecule has 0 aromatic rings. The molecule has 0 aliphatic rings. The van der Waals surface area contributed by atoms with E-state index in [-0.39, 0.29) is 17.6 Å². The van der Waals surface area contributed by atoms with E-state index in [1.807, 2.05) is 0 Å². The Labute approximate surface area is 76.8 Å². The number of thiocarbonyl (C=S) groups is 1. The van der Waals surface area contributed by atoms with Gasteiger partial charge in [-0.1, -0.05) is 0 Å². The molecule has 0 saturated heterocycles. The minimum atomic E-state index is -0.201. The Hall–Kier alpha value is -0.880. The Balaban J connectivity index is 3.96. The Kier molecular flexibility index (Phi) is 5.31. The molecule has 0 aromatic carbocycles. The zero-order valence-electron chi connectivity index (χ0n) is 7.16. The van der Waals surface area contributed by atoms with Crippen LogP contribution in [0.4, 0.5) is 0 Å². The first-order valence-electron chi connectivity index (χ1n) is 3.47. The topological polar surface area (TPSA) is 67.6 Å². The van der Waals surface area contributed by atoms with Crippen molar-refractivity contribution in [3.63, 3.8) is 0 Å². The van der Waals surface area contributed by atoms with Crippen molar-refractivity contribution in [2.45, 2.75) is 6.92 Å². The highest BCUT2D eigenvalue weighted by Crippen LogP contribution is 1.84. The monoisotopic (exact) mass is 191 g/mol. The van der Waals surface area contributed by atoms with Gasteiger partial charge in [-0.3, -0.25) is 15.2 Å². The molecule has 0 atom stereocenters. The van der Waals surface area contributed by atoms with Crippen LogP contribution in [0.1, 0.15) is 6.92 Å². The van der Waals surface area contributed by atoms with Crippen molar-refractivity contribution in [1.82, 2.24) is 10.4 Å². The van der Waals surface area contributed by atoms with Gasteiger partial charge in [0.05, 0.1) is 0 Å². The highest BCUT2D eigenvalue weighted by molar-refractivity contribution is 7.80. The van der Waals surface area contributed by atoms with Crippen LogP contribution in [0.25, 0.3) is 0 Å². The van der Waals surface area contributed by atoms with E-state index < -0.39 is 0 Å². The third kappa shape index (κ3) is 4.09. The van der Waals surface area contributed by atoms with Gasteiger partial charge in [0.2, 0.25) is 0 Å². The average molecular weight is 191 g/mol. The fraction of sp³-hybridized carbons (Fsp3) is 0.667. The highest BCUT2D eigenvalue weighted by atomic mass is 32.1. The van der Waals surface area contributed by atoms with Crippen LogP contribution in [-0.2, 0) is 9.53 Å². The number of hydrogen-bond donors (Lipinski definition) is 2. The summed E-state index contributed by atoms with van der Waals surface area (Å²) < 4.78 is 4.65. The Bertz CT molecular complexity index is 174. The van der Waals surface area contributed by atoms with Crippen molar-refractivity contribution in [3.05, 3.63) is 0 Å². The Morgan fingerprint density at radius 3 is 2.67 bits per heavy atom. The first kappa shape index (κ1) is 11.1. The first-order chi connectivity index (χ1) is 5.61. The van der Waals surface area contributed by atoms with Gasteiger partial charge in [-0.05, 0) is 19.1 Å². The lowest BCUT2D eigenvalue weighted by Crippen LogP contribution is -2.49. The maximum Gasteiger partial charge on any atom is 0.266 e. The number of nitrogens with zero attached hydrogens (tertiary/aromatic N) is 1. The van der Waals surface area contributed by atoms with Crippen LogP contribution in [0.2, 0.25) is 0 Å². The van der Waals surface area contributed by atoms with E-state index in [1.165, 1.54) is 12.1 Å². The number of likely N-dealkylation sites (N-methyl/N-ethyl adjacent to an activating group) is 1. The van der Waals surface area contributed by atoms with E-state index in [4.69, 9.17) is 5.73 Å². The predicted octanol–water partition coefficient (Wildman–Crippen LogP) is -0.770. The van der Waals surface area contributed by atoms with E-state index in [1.54, 1.807) is 6.92 Å². The Morgan fingerprint density at radius 1 is 1.75 bits per heavy atom. The van der Waals surface area contributed by atoms with E-state index in [0.717, 1.165) is 0 Å². The van der Waals surface area contributed by atoms with Crippen molar-refractivity contribution < 1.29 is 9.53 Å². The number of amides is 1. The molecule has 0 radical (unpaired) electrons. The second-order valence-electron chi connectivity index (χ2n) is 2.05. The zero-order chi connectivity index (χ0) is 9.56. The summed E-state index contributed by atoms with van der Waals surface area (Å²) >= 11 is 4.57. The summed E-state index contributed by atoms with van der Waals surface area (Å²) in [5.74, 6) is -0.201. The number of carbonyl (C=O) groups excluding carboxylic acids is 1. The maximum atomic E-state index is 11.1. The number of carbonyl (C=O) groups is 1. The summed E-state index contributed by atoms with van der Waals surface area (Å²) in [6, 6.07) is 0. The molecule has 0 saturated carbocycles. The second kappa shape index (κ2) is 5.73. The lowest BCUT2D eigenvalue weighted by Gasteiger charge is -2.20. The number of ether oxygens (including phenoxy) is 1. The molecule has 5 nitrogen and oxygen atoms in total. The van der Waals surface area contributed by atoms with Crippen LogP contribution in [0.15, 0.2) is 0 Å². The van der Waals surface area contributed by atoms with E-state index in [9.17, 15) is 4.79 Å². The van der Waals surface area contributed by atoms with Crippen LogP contribution < -0.4 is 11.2 Å². The van der Waals surface area contributed by atoms with Crippen LogP contribution in [-0.4, -0.2) is 36.3 Å². The van der Waals surface area contributed by atoms with Crippen molar-refractivity contribution in [3.8, 4) is 0 Å². The third-order valence-corrected chi connectivity index (χ3v) is 1.22. The molecule has 0 aliphatic heterocycles. The Morgan fingerprint density at radius 2 is 2.33 bits per heavy atom. The molecule has 0 spiro atoms. The van der Waals surface area contributed by atoms with Gasteiger partial charge in [0, 0.05) is 13.7 Å². The van der Waals surface area contributed by atoms with E-state index in [2.05, 4.69) is 22.4 Å². The molecular formula is C6H13N3O2S. The minimum absolute atomic E-state index is 0.0173. The van der Waals surface area contributed by atoms with Crippen LogP contribution in [0.5, 0.6) is 0 Å². The summed E-state index contributed by atoms with van der Waals surface area (Å²) in [6.07, 6.45) is 0. The number of hydrogen-bond acceptors (Lipinski definition) is 3. The largest absolute Gasteiger partial charge is 0.375 e. The van der Waals surface area contributed by atoms with Gasteiger partial charge >= 0.3 is 0 Å². The molecule has 3 N–H and O–H groups in total. The fourth-order valence-electron chi connectivity index (χ4n) is 0.652. The quantitative estimate of drug-likeness (QED) is 0.453. The number of nitrogens with two attached hydrogens (primary N) is 1. The third-order valence-electron chi connectivity index (χ3n) is 1.13. The average Bonchev–Trinajstić information content (AvgIpc) is 2.00. The van der Waals surface area contributed by atoms with Crippen LogP contribution >= 0.6 is 12.2 Å². The van der Waals surface area contributed by atoms with Gasteiger partial charge < -0.3 is 10.5 Å². The zero-order valence-corrected chi connectivity index (χ0v) is 7.98. The van der Waals surface area contributed by atoms with Crippen molar-refractivity contribution >= 4 is 23.2 Å². The molecule has 0 bridgehead atoms. The van der Waals surface area contributed by atoms with Crippen LogP contribution in [0.3, 0.4) is 0 Å². The lowest BCUT2D eigenvalue weighted by atomic mass is 10.6. The lowest BCUT2D eigenvalue weighted by molar-refractivity contribution is -0.136. The summed E-state index contributed by atoms with van der Waals surface area (Å²) in [7, 11) is 1.45. The predicted molar refractivity (Wildman–Crippen MR) is 49.2 cm³/mol. The van der Waals surface area contributed by atoms with Crippen molar-refractivity contribution in [1.29, 1.82) is 0 Å². The molecule has 0 aliphatic carbocycles. The summed E-state index contributed by atoms with van der Waals surface area (Å²) in [5, 5.41) is 1.37. The minimum Gasteiger partial charge on any atom is -0.375 e. The van der Waals surface area contributed by atoms with Gasteiger partial charge in [-0.25, -0.2) is 0 Å². The smallest absolute Gasteiger partial charge is 0.266 e. The standard InChI is InChI=1S/C6H13N3O2S/c1-3-9(8-6(7)12)5(10)4-11-2/h3-4H2,1-2H3,(H3,7,8,12). The van der Waals surface area contributed by atoms with Gasteiger partial charge in [0.25, 0.3) is 5.91 Å². The second-order valence-corrected chi connectivity index (χ2v) is 2.49. The number of nitrogens with one attached hydrogen (secondary N) is 1. The molecular weight excluding hydrogens is 178 g/mol.